The van der Waals surface area contributed by atoms with Crippen molar-refractivity contribution in [3.8, 4) is 0 Å². The first-order chi connectivity index (χ1) is 10.8. The molecular weight excluding hydrogens is 300 g/mol. The molecule has 2 nitrogen and oxygen atoms in total. The molecule has 2 rings (SSSR count). The van der Waals surface area contributed by atoms with Crippen LogP contribution < -0.4 is 0 Å². The molecule has 3 atom stereocenters. The SMILES string of the molecule is CO[C@@H](c1ccccc1)[C@H](C1CCCCC1)[C@@](C)(O)[Si](C)(C)C. The van der Waals surface area contributed by atoms with Crippen LogP contribution in [0.15, 0.2) is 30.3 Å². The van der Waals surface area contributed by atoms with Crippen LogP contribution in [-0.2, 0) is 4.74 Å². The smallest absolute Gasteiger partial charge is 0.0876 e. The molecule has 0 radical (unpaired) electrons. The summed E-state index contributed by atoms with van der Waals surface area (Å²) in [5, 5.41) is 11.0. The van der Waals surface area contributed by atoms with Crippen molar-refractivity contribution in [3.63, 3.8) is 0 Å². The average molecular weight is 335 g/mol. The molecule has 0 heterocycles. The van der Waals surface area contributed by atoms with E-state index in [2.05, 4.69) is 50.8 Å². The van der Waals surface area contributed by atoms with Gasteiger partial charge in [0.25, 0.3) is 0 Å². The van der Waals surface area contributed by atoms with E-state index in [1.807, 2.05) is 6.07 Å². The molecule has 130 valence electrons. The summed E-state index contributed by atoms with van der Waals surface area (Å²) in [6, 6.07) is 10.5. The summed E-state index contributed by atoms with van der Waals surface area (Å²) >= 11 is 0. The highest BCUT2D eigenvalue weighted by molar-refractivity contribution is 6.78. The number of hydrogen-bond donors (Lipinski definition) is 1. The van der Waals surface area contributed by atoms with Gasteiger partial charge in [0.05, 0.1) is 19.4 Å². The van der Waals surface area contributed by atoms with Gasteiger partial charge in [-0.05, 0) is 31.2 Å². The number of benzene rings is 1. The first-order valence-electron chi connectivity index (χ1n) is 9.09. The Morgan fingerprint density at radius 2 is 1.65 bits per heavy atom. The van der Waals surface area contributed by atoms with Gasteiger partial charge in [0.15, 0.2) is 0 Å². The molecule has 1 aromatic carbocycles. The molecule has 0 amide bonds. The third-order valence-corrected chi connectivity index (χ3v) is 9.40. The second-order valence-corrected chi connectivity index (χ2v) is 13.9. The van der Waals surface area contributed by atoms with E-state index in [9.17, 15) is 5.11 Å². The summed E-state index contributed by atoms with van der Waals surface area (Å²) < 4.78 is 6.00. The number of hydrogen-bond acceptors (Lipinski definition) is 2. The molecule has 3 heteroatoms. The lowest BCUT2D eigenvalue weighted by Gasteiger charge is -2.49. The van der Waals surface area contributed by atoms with E-state index in [1.165, 1.54) is 37.7 Å². The highest BCUT2D eigenvalue weighted by atomic mass is 28.3. The van der Waals surface area contributed by atoms with Crippen molar-refractivity contribution in [3.05, 3.63) is 35.9 Å². The summed E-state index contributed by atoms with van der Waals surface area (Å²) in [5.41, 5.74) is 1.20. The van der Waals surface area contributed by atoms with Crippen molar-refractivity contribution in [1.82, 2.24) is 0 Å². The molecule has 0 bridgehead atoms. The van der Waals surface area contributed by atoms with Crippen LogP contribution in [0.1, 0.15) is 50.7 Å². The zero-order chi connectivity index (χ0) is 17.1. The Kier molecular flexibility index (Phi) is 6.09. The van der Waals surface area contributed by atoms with Crippen molar-refractivity contribution in [2.45, 2.75) is 70.0 Å². The largest absolute Gasteiger partial charge is 0.393 e. The number of methoxy groups -OCH3 is 1. The fourth-order valence-corrected chi connectivity index (χ4v) is 5.51. The minimum atomic E-state index is -1.77. The molecule has 1 aromatic rings. The molecule has 1 aliphatic rings. The van der Waals surface area contributed by atoms with E-state index < -0.39 is 13.3 Å². The van der Waals surface area contributed by atoms with Crippen molar-refractivity contribution < 1.29 is 9.84 Å². The van der Waals surface area contributed by atoms with Gasteiger partial charge in [0.1, 0.15) is 0 Å². The van der Waals surface area contributed by atoms with Crippen LogP contribution in [0.4, 0.5) is 0 Å². The molecule has 1 saturated carbocycles. The van der Waals surface area contributed by atoms with Gasteiger partial charge in [-0.25, -0.2) is 0 Å². The Bertz CT molecular complexity index is 472. The first kappa shape index (κ1) is 18.7. The van der Waals surface area contributed by atoms with E-state index in [0.717, 1.165) is 0 Å². The number of aliphatic hydroxyl groups is 1. The summed E-state index contributed by atoms with van der Waals surface area (Å²) in [5.74, 6) is 0.720. The predicted molar refractivity (Wildman–Crippen MR) is 100 cm³/mol. The highest BCUT2D eigenvalue weighted by Gasteiger charge is 2.50. The summed E-state index contributed by atoms with van der Waals surface area (Å²) in [6.45, 7) is 8.91. The van der Waals surface area contributed by atoms with Crippen LogP contribution in [0.2, 0.25) is 19.6 Å². The molecule has 0 unspecified atom stereocenters. The lowest BCUT2D eigenvalue weighted by molar-refractivity contribution is -0.0691. The standard InChI is InChI=1S/C20H34O2Si/c1-20(21,23(3,4)5)18(16-12-8-6-9-13-16)19(22-2)17-14-10-7-11-15-17/h7,10-11,14-16,18-19,21H,6,8-9,12-13H2,1-5H3/t18-,19-,20-/m0/s1. The Hall–Kier alpha value is -0.643. The zero-order valence-corrected chi connectivity index (χ0v) is 16.5. The quantitative estimate of drug-likeness (QED) is 0.725. The predicted octanol–water partition coefficient (Wildman–Crippen LogP) is 5.20. The second kappa shape index (κ2) is 7.50. The van der Waals surface area contributed by atoms with Crippen molar-refractivity contribution >= 4 is 8.07 Å². The third kappa shape index (κ3) is 4.07. The van der Waals surface area contributed by atoms with Gasteiger partial charge in [0, 0.05) is 13.0 Å². The molecule has 0 saturated heterocycles. The maximum Gasteiger partial charge on any atom is 0.0876 e. The van der Waals surface area contributed by atoms with Crippen molar-refractivity contribution in [2.75, 3.05) is 7.11 Å². The highest BCUT2D eigenvalue weighted by Crippen LogP contribution is 2.47. The van der Waals surface area contributed by atoms with Gasteiger partial charge < -0.3 is 9.84 Å². The van der Waals surface area contributed by atoms with Gasteiger partial charge in [-0.3, -0.25) is 0 Å². The Morgan fingerprint density at radius 3 is 2.13 bits per heavy atom. The number of ether oxygens (including phenoxy) is 1. The fourth-order valence-electron chi connectivity index (χ4n) is 4.13. The van der Waals surface area contributed by atoms with Crippen LogP contribution in [-0.4, -0.2) is 25.5 Å². The molecule has 0 aliphatic heterocycles. The minimum Gasteiger partial charge on any atom is -0.393 e. The Morgan fingerprint density at radius 1 is 1.09 bits per heavy atom. The Labute approximate surface area is 143 Å². The Balaban J connectivity index is 2.43. The monoisotopic (exact) mass is 334 g/mol. The van der Waals surface area contributed by atoms with Gasteiger partial charge in [-0.15, -0.1) is 0 Å². The second-order valence-electron chi connectivity index (χ2n) is 8.39. The van der Waals surface area contributed by atoms with Crippen molar-refractivity contribution in [1.29, 1.82) is 0 Å². The van der Waals surface area contributed by atoms with Gasteiger partial charge in [-0.1, -0.05) is 69.2 Å². The fraction of sp³-hybridized carbons (Fsp3) is 0.700. The molecular formula is C20H34O2Si. The molecule has 1 N–H and O–H groups in total. The molecule has 0 spiro atoms. The normalized spacial score (nSPS) is 22.3. The molecule has 1 fully saturated rings. The average Bonchev–Trinajstić information content (AvgIpc) is 2.52. The summed E-state index contributed by atoms with van der Waals surface area (Å²) in [7, 11) is 0.0311. The van der Waals surface area contributed by atoms with E-state index in [4.69, 9.17) is 4.74 Å². The van der Waals surface area contributed by atoms with Gasteiger partial charge in [-0.2, -0.15) is 0 Å². The maximum atomic E-state index is 11.6. The maximum absolute atomic E-state index is 11.6. The van der Waals surface area contributed by atoms with E-state index in [0.29, 0.717) is 5.92 Å². The summed E-state index contributed by atoms with van der Waals surface area (Å²) in [6.07, 6.45) is 6.32. The van der Waals surface area contributed by atoms with E-state index in [-0.39, 0.29) is 12.0 Å². The third-order valence-electron chi connectivity index (χ3n) is 6.03. The van der Waals surface area contributed by atoms with Crippen molar-refractivity contribution in [2.24, 2.45) is 11.8 Å². The number of rotatable bonds is 6. The lowest BCUT2D eigenvalue weighted by Crippen LogP contribution is -2.59. The van der Waals surface area contributed by atoms with Crippen LogP contribution in [0.5, 0.6) is 0 Å². The van der Waals surface area contributed by atoms with Crippen LogP contribution in [0, 0.1) is 11.8 Å². The van der Waals surface area contributed by atoms with E-state index >= 15 is 0 Å². The van der Waals surface area contributed by atoms with Crippen LogP contribution in [0.25, 0.3) is 0 Å². The lowest BCUT2D eigenvalue weighted by atomic mass is 9.73. The first-order valence-corrected chi connectivity index (χ1v) is 12.6. The summed E-state index contributed by atoms with van der Waals surface area (Å²) in [4.78, 5) is 0. The topological polar surface area (TPSA) is 29.5 Å². The molecule has 0 aromatic heterocycles. The van der Waals surface area contributed by atoms with Crippen LogP contribution >= 0.6 is 0 Å². The van der Waals surface area contributed by atoms with E-state index in [1.54, 1.807) is 7.11 Å². The van der Waals surface area contributed by atoms with Crippen LogP contribution in [0.3, 0.4) is 0 Å². The zero-order valence-electron chi connectivity index (χ0n) is 15.5. The van der Waals surface area contributed by atoms with Gasteiger partial charge in [0.2, 0.25) is 0 Å². The molecule has 23 heavy (non-hydrogen) atoms. The minimum absolute atomic E-state index is 0.0268. The van der Waals surface area contributed by atoms with Gasteiger partial charge >= 0.3 is 0 Å². The molecule has 1 aliphatic carbocycles.